The van der Waals surface area contributed by atoms with E-state index in [1.165, 1.54) is 44.4 Å². The lowest BCUT2D eigenvalue weighted by Crippen LogP contribution is -2.41. The van der Waals surface area contributed by atoms with E-state index >= 15 is 0 Å². The van der Waals surface area contributed by atoms with Crippen LogP contribution in [-0.2, 0) is 24.3 Å². The largest absolute Gasteiger partial charge is 0.495 e. The number of ether oxygens (including phenoxy) is 3. The zero-order valence-corrected chi connectivity index (χ0v) is 23.3. The van der Waals surface area contributed by atoms with Crippen molar-refractivity contribution in [2.45, 2.75) is 44.8 Å². The van der Waals surface area contributed by atoms with Gasteiger partial charge >= 0.3 is 0 Å². The van der Waals surface area contributed by atoms with Gasteiger partial charge in [-0.2, -0.15) is 0 Å². The third-order valence-electron chi connectivity index (χ3n) is 6.24. The van der Waals surface area contributed by atoms with Crippen LogP contribution in [0.1, 0.15) is 32.3 Å². The predicted octanol–water partition coefficient (Wildman–Crippen LogP) is 4.06. The molecule has 1 aliphatic heterocycles. The average Bonchev–Trinajstić information content (AvgIpc) is 3.41. The number of anilines is 1. The summed E-state index contributed by atoms with van der Waals surface area (Å²) in [6.07, 6.45) is 1.00. The van der Waals surface area contributed by atoms with Gasteiger partial charge in [0.2, 0.25) is 5.91 Å². The highest BCUT2D eigenvalue weighted by atomic mass is 35.5. The number of nitro groups is 1. The molecular formula is C25H32ClN3O8S. The Morgan fingerprint density at radius 1 is 1.24 bits per heavy atom. The molecule has 0 saturated carbocycles. The van der Waals surface area contributed by atoms with Gasteiger partial charge in [-0.05, 0) is 44.0 Å². The zero-order valence-electron chi connectivity index (χ0n) is 21.7. The van der Waals surface area contributed by atoms with Crippen LogP contribution < -0.4 is 14.4 Å². The second kappa shape index (κ2) is 12.3. The molecule has 0 unspecified atom stereocenters. The summed E-state index contributed by atoms with van der Waals surface area (Å²) in [5.74, 6) is -0.408. The highest BCUT2D eigenvalue weighted by Crippen LogP contribution is 2.36. The number of hydrogen-bond acceptors (Lipinski definition) is 8. The highest BCUT2D eigenvalue weighted by Gasteiger charge is 2.34. The van der Waals surface area contributed by atoms with Crippen molar-refractivity contribution in [1.82, 2.24) is 5.32 Å². The first-order valence-corrected chi connectivity index (χ1v) is 13.8. The van der Waals surface area contributed by atoms with Crippen LogP contribution in [0.2, 0.25) is 5.02 Å². The van der Waals surface area contributed by atoms with Crippen LogP contribution in [0.15, 0.2) is 41.3 Å². The summed E-state index contributed by atoms with van der Waals surface area (Å²) in [7, 11) is -3.08. The monoisotopic (exact) mass is 569 g/mol. The first-order chi connectivity index (χ1) is 17.9. The van der Waals surface area contributed by atoms with Crippen molar-refractivity contribution in [1.29, 1.82) is 0 Å². The molecule has 0 bridgehead atoms. The molecule has 208 valence electrons. The van der Waals surface area contributed by atoms with Crippen LogP contribution in [0.4, 0.5) is 11.4 Å². The van der Waals surface area contributed by atoms with E-state index < -0.39 is 27.4 Å². The van der Waals surface area contributed by atoms with Crippen LogP contribution in [0.25, 0.3) is 0 Å². The van der Waals surface area contributed by atoms with Gasteiger partial charge in [0.1, 0.15) is 12.3 Å². The van der Waals surface area contributed by atoms with Crippen molar-refractivity contribution in [3.05, 3.63) is 57.1 Å². The van der Waals surface area contributed by atoms with Gasteiger partial charge in [-0.25, -0.2) is 8.42 Å². The smallest absolute Gasteiger partial charge is 0.273 e. The molecule has 38 heavy (non-hydrogen) atoms. The van der Waals surface area contributed by atoms with Crippen molar-refractivity contribution < 1.29 is 32.3 Å². The Bertz CT molecular complexity index is 1280. The predicted molar refractivity (Wildman–Crippen MR) is 142 cm³/mol. The number of amides is 1. The molecule has 0 radical (unpaired) electrons. The Labute approximate surface area is 227 Å². The van der Waals surface area contributed by atoms with Crippen LogP contribution in [0.3, 0.4) is 0 Å². The van der Waals surface area contributed by atoms with E-state index in [1.54, 1.807) is 0 Å². The van der Waals surface area contributed by atoms with Gasteiger partial charge in [0.25, 0.3) is 15.7 Å². The van der Waals surface area contributed by atoms with Gasteiger partial charge in [-0.1, -0.05) is 31.5 Å². The number of carbonyl (C=O) groups excluding carboxylic acids is 1. The lowest BCUT2D eigenvalue weighted by molar-refractivity contribution is -0.385. The number of carbonyl (C=O) groups is 1. The Kier molecular flexibility index (Phi) is 9.58. The van der Waals surface area contributed by atoms with E-state index in [2.05, 4.69) is 5.32 Å². The second-order valence-corrected chi connectivity index (χ2v) is 11.8. The molecule has 0 aromatic heterocycles. The fourth-order valence-corrected chi connectivity index (χ4v) is 5.73. The van der Waals surface area contributed by atoms with Gasteiger partial charge in [0.15, 0.2) is 6.29 Å². The summed E-state index contributed by atoms with van der Waals surface area (Å²) in [4.78, 5) is 23.4. The molecule has 13 heteroatoms. The number of halogens is 1. The molecule has 0 atom stereocenters. The second-order valence-electron chi connectivity index (χ2n) is 9.55. The maximum atomic E-state index is 13.7. The number of nitrogens with zero attached hydrogens (tertiary/aromatic N) is 2. The van der Waals surface area contributed by atoms with E-state index in [0.717, 1.165) is 10.4 Å². The van der Waals surface area contributed by atoms with Crippen LogP contribution in [0, 0.1) is 22.5 Å². The number of nitro benzene ring substituents is 1. The fraction of sp³-hybridized carbons (Fsp3) is 0.480. The molecule has 1 saturated heterocycles. The van der Waals surface area contributed by atoms with E-state index in [9.17, 15) is 23.3 Å². The average molecular weight is 570 g/mol. The fourth-order valence-electron chi connectivity index (χ4n) is 4.12. The molecule has 11 nitrogen and oxygen atoms in total. The number of nitrogens with one attached hydrogen (secondary N) is 1. The van der Waals surface area contributed by atoms with Gasteiger partial charge in [0.05, 0.1) is 35.8 Å². The first kappa shape index (κ1) is 29.6. The molecule has 1 N–H and O–H groups in total. The molecule has 2 aromatic carbocycles. The number of benzene rings is 2. The highest BCUT2D eigenvalue weighted by molar-refractivity contribution is 7.92. The molecule has 0 spiro atoms. The standard InChI is InChI=1S/C25H32ClN3O8S/c1-17-6-8-19(15-20(17)29(31)32)38(33,34)28(21-14-18(26)7-9-22(21)35-4)16-23(30)27-11-5-10-25(2,3)24-36-12-13-37-24/h6-9,14-15,24H,5,10-13,16H2,1-4H3,(H,27,30). The molecule has 1 amide bonds. The third-order valence-corrected chi connectivity index (χ3v) is 8.23. The molecule has 1 fully saturated rings. The number of sulfonamides is 1. The minimum absolute atomic E-state index is 0.0232. The number of hydrogen-bond donors (Lipinski definition) is 1. The minimum Gasteiger partial charge on any atom is -0.495 e. The Balaban J connectivity index is 1.83. The maximum absolute atomic E-state index is 13.7. The summed E-state index contributed by atoms with van der Waals surface area (Å²) in [5.41, 5.74) is -0.290. The number of aryl methyl sites for hydroxylation is 1. The van der Waals surface area contributed by atoms with E-state index in [1.807, 2.05) is 13.8 Å². The first-order valence-electron chi connectivity index (χ1n) is 12.0. The van der Waals surface area contributed by atoms with Crippen molar-refractivity contribution in [3.63, 3.8) is 0 Å². The normalized spacial score (nSPS) is 14.3. The SMILES string of the molecule is COc1ccc(Cl)cc1N(CC(=O)NCCCC(C)(C)C1OCCO1)S(=O)(=O)c1ccc(C)c([N+](=O)[O-])c1. The van der Waals surface area contributed by atoms with E-state index in [-0.39, 0.29) is 38.7 Å². The maximum Gasteiger partial charge on any atom is 0.273 e. The van der Waals surface area contributed by atoms with Crippen molar-refractivity contribution in [2.75, 3.05) is 37.7 Å². The third kappa shape index (κ3) is 6.93. The van der Waals surface area contributed by atoms with Crippen molar-refractivity contribution in [3.8, 4) is 5.75 Å². The summed E-state index contributed by atoms with van der Waals surface area (Å²) >= 11 is 6.15. The van der Waals surface area contributed by atoms with Crippen LogP contribution in [0.5, 0.6) is 5.75 Å². The minimum atomic E-state index is -4.44. The Morgan fingerprint density at radius 2 is 1.92 bits per heavy atom. The Hall–Kier alpha value is -2.93. The lowest BCUT2D eigenvalue weighted by Gasteiger charge is -2.30. The zero-order chi connectivity index (χ0) is 28.1. The summed E-state index contributed by atoms with van der Waals surface area (Å²) in [5, 5.41) is 14.4. The number of rotatable bonds is 12. The van der Waals surface area contributed by atoms with Crippen molar-refractivity contribution >= 4 is 38.9 Å². The topological polar surface area (TPSA) is 137 Å². The molecule has 2 aromatic rings. The molecule has 1 aliphatic rings. The molecule has 0 aliphatic carbocycles. The van der Waals surface area contributed by atoms with E-state index in [4.69, 9.17) is 25.8 Å². The van der Waals surface area contributed by atoms with Gasteiger partial charge < -0.3 is 19.5 Å². The van der Waals surface area contributed by atoms with E-state index in [0.29, 0.717) is 38.2 Å². The van der Waals surface area contributed by atoms with Gasteiger partial charge in [-0.15, -0.1) is 0 Å². The quantitative estimate of drug-likeness (QED) is 0.229. The van der Waals surface area contributed by atoms with Gasteiger partial charge in [0, 0.05) is 28.6 Å². The number of methoxy groups -OCH3 is 1. The molecule has 1 heterocycles. The molecular weight excluding hydrogens is 538 g/mol. The summed E-state index contributed by atoms with van der Waals surface area (Å²) in [6, 6.07) is 7.93. The summed E-state index contributed by atoms with van der Waals surface area (Å²) < 4.78 is 44.8. The summed E-state index contributed by atoms with van der Waals surface area (Å²) in [6.45, 7) is 6.34. The Morgan fingerprint density at radius 3 is 2.55 bits per heavy atom. The molecule has 3 rings (SSSR count). The van der Waals surface area contributed by atoms with Gasteiger partial charge in [-0.3, -0.25) is 19.2 Å². The lowest BCUT2D eigenvalue weighted by atomic mass is 9.87. The van der Waals surface area contributed by atoms with Crippen LogP contribution in [-0.4, -0.2) is 59.0 Å². The van der Waals surface area contributed by atoms with Crippen LogP contribution >= 0.6 is 11.6 Å². The van der Waals surface area contributed by atoms with Crippen molar-refractivity contribution in [2.24, 2.45) is 5.41 Å².